The molecule has 138 valence electrons. The van der Waals surface area contributed by atoms with Crippen molar-refractivity contribution in [3.05, 3.63) is 90.1 Å². The molecule has 0 bridgehead atoms. The maximum Gasteiger partial charge on any atom is 0.253 e. The SMILES string of the molecule is Cc1ccc(-c2nc(CNC(=O)c3cccnc3)[nH]c2-c2ccccn2)cc1. The van der Waals surface area contributed by atoms with Crippen molar-refractivity contribution in [3.8, 4) is 22.6 Å². The van der Waals surface area contributed by atoms with Crippen LogP contribution in [0.3, 0.4) is 0 Å². The van der Waals surface area contributed by atoms with Gasteiger partial charge in [0.1, 0.15) is 5.82 Å². The fraction of sp³-hybridized carbons (Fsp3) is 0.0909. The van der Waals surface area contributed by atoms with E-state index in [1.165, 1.54) is 11.8 Å². The third-order valence-corrected chi connectivity index (χ3v) is 4.34. The van der Waals surface area contributed by atoms with E-state index in [2.05, 4.69) is 32.4 Å². The third kappa shape index (κ3) is 3.81. The summed E-state index contributed by atoms with van der Waals surface area (Å²) in [5, 5.41) is 2.87. The Labute approximate surface area is 162 Å². The highest BCUT2D eigenvalue weighted by molar-refractivity contribution is 5.93. The van der Waals surface area contributed by atoms with Crippen LogP contribution in [0.15, 0.2) is 73.2 Å². The van der Waals surface area contributed by atoms with Gasteiger partial charge in [-0.1, -0.05) is 35.9 Å². The van der Waals surface area contributed by atoms with Crippen LogP contribution in [0.2, 0.25) is 0 Å². The number of carbonyl (C=O) groups excluding carboxylic acids is 1. The molecule has 0 radical (unpaired) electrons. The summed E-state index contributed by atoms with van der Waals surface area (Å²) < 4.78 is 0. The van der Waals surface area contributed by atoms with Crippen LogP contribution in [-0.4, -0.2) is 25.8 Å². The second-order valence-corrected chi connectivity index (χ2v) is 6.41. The van der Waals surface area contributed by atoms with Crippen LogP contribution in [-0.2, 0) is 6.54 Å². The Morgan fingerprint density at radius 2 is 1.89 bits per heavy atom. The average Bonchev–Trinajstić information content (AvgIpc) is 3.18. The van der Waals surface area contributed by atoms with Crippen LogP contribution in [0.4, 0.5) is 0 Å². The predicted molar refractivity (Wildman–Crippen MR) is 107 cm³/mol. The van der Waals surface area contributed by atoms with Crippen molar-refractivity contribution in [1.82, 2.24) is 25.3 Å². The molecule has 2 N–H and O–H groups in total. The summed E-state index contributed by atoms with van der Waals surface area (Å²) in [5.74, 6) is 0.467. The summed E-state index contributed by atoms with van der Waals surface area (Å²) >= 11 is 0. The summed E-state index contributed by atoms with van der Waals surface area (Å²) in [6.07, 6.45) is 4.92. The number of H-pyrrole nitrogens is 1. The summed E-state index contributed by atoms with van der Waals surface area (Å²) in [4.78, 5) is 28.7. The maximum atomic E-state index is 12.3. The Morgan fingerprint density at radius 3 is 2.61 bits per heavy atom. The molecule has 4 rings (SSSR count). The summed E-state index contributed by atoms with van der Waals surface area (Å²) in [6.45, 7) is 2.33. The number of hydrogen-bond donors (Lipinski definition) is 2. The molecule has 0 fully saturated rings. The molecule has 1 aromatic carbocycles. The minimum Gasteiger partial charge on any atom is -0.345 e. The lowest BCUT2D eigenvalue weighted by Crippen LogP contribution is -2.23. The van der Waals surface area contributed by atoms with Gasteiger partial charge in [-0.25, -0.2) is 4.98 Å². The van der Waals surface area contributed by atoms with Crippen LogP contribution in [0, 0.1) is 6.92 Å². The molecule has 0 saturated heterocycles. The van der Waals surface area contributed by atoms with E-state index in [0.717, 1.165) is 22.6 Å². The summed E-state index contributed by atoms with van der Waals surface area (Å²) in [5.41, 5.74) is 5.13. The first-order chi connectivity index (χ1) is 13.7. The van der Waals surface area contributed by atoms with Gasteiger partial charge in [-0.2, -0.15) is 0 Å². The number of carbonyl (C=O) groups is 1. The van der Waals surface area contributed by atoms with Crippen molar-refractivity contribution in [2.45, 2.75) is 13.5 Å². The Hall–Kier alpha value is -3.80. The second-order valence-electron chi connectivity index (χ2n) is 6.41. The zero-order chi connectivity index (χ0) is 19.3. The lowest BCUT2D eigenvalue weighted by atomic mass is 10.1. The molecule has 0 saturated carbocycles. The van der Waals surface area contributed by atoms with Crippen LogP contribution in [0.25, 0.3) is 22.6 Å². The van der Waals surface area contributed by atoms with Gasteiger partial charge < -0.3 is 10.3 Å². The number of pyridine rings is 2. The first-order valence-electron chi connectivity index (χ1n) is 8.96. The number of rotatable bonds is 5. The van der Waals surface area contributed by atoms with Gasteiger partial charge in [0.15, 0.2) is 0 Å². The minimum absolute atomic E-state index is 0.194. The molecule has 3 aromatic heterocycles. The van der Waals surface area contributed by atoms with Crippen LogP contribution < -0.4 is 5.32 Å². The van der Waals surface area contributed by atoms with Crippen molar-refractivity contribution in [1.29, 1.82) is 0 Å². The number of hydrogen-bond acceptors (Lipinski definition) is 4. The van der Waals surface area contributed by atoms with Gasteiger partial charge >= 0.3 is 0 Å². The van der Waals surface area contributed by atoms with Crippen molar-refractivity contribution in [3.63, 3.8) is 0 Å². The van der Waals surface area contributed by atoms with Gasteiger partial charge in [0, 0.05) is 24.2 Å². The molecule has 0 unspecified atom stereocenters. The Morgan fingerprint density at radius 1 is 1.04 bits per heavy atom. The van der Waals surface area contributed by atoms with Crippen LogP contribution in [0.5, 0.6) is 0 Å². The zero-order valence-electron chi connectivity index (χ0n) is 15.4. The largest absolute Gasteiger partial charge is 0.345 e. The highest BCUT2D eigenvalue weighted by atomic mass is 16.1. The van der Waals surface area contributed by atoms with Crippen LogP contribution in [0.1, 0.15) is 21.7 Å². The lowest BCUT2D eigenvalue weighted by molar-refractivity contribution is 0.0949. The number of imidazole rings is 1. The Kier molecular flexibility index (Phi) is 4.93. The van der Waals surface area contributed by atoms with Gasteiger partial charge in [0.05, 0.1) is 29.2 Å². The summed E-state index contributed by atoms with van der Waals surface area (Å²) in [7, 11) is 0. The van der Waals surface area contributed by atoms with E-state index in [4.69, 9.17) is 4.98 Å². The smallest absolute Gasteiger partial charge is 0.253 e. The van der Waals surface area contributed by atoms with Crippen molar-refractivity contribution >= 4 is 5.91 Å². The van der Waals surface area contributed by atoms with E-state index < -0.39 is 0 Å². The average molecular weight is 369 g/mol. The van der Waals surface area contributed by atoms with Gasteiger partial charge in [-0.05, 0) is 31.2 Å². The molecule has 1 amide bonds. The normalized spacial score (nSPS) is 10.6. The van der Waals surface area contributed by atoms with Gasteiger partial charge in [-0.15, -0.1) is 0 Å². The predicted octanol–water partition coefficient (Wildman–Crippen LogP) is 3.77. The van der Waals surface area contributed by atoms with E-state index in [1.54, 1.807) is 24.5 Å². The molecule has 3 heterocycles. The van der Waals surface area contributed by atoms with Crippen molar-refractivity contribution in [2.24, 2.45) is 0 Å². The first kappa shape index (κ1) is 17.6. The molecule has 0 aliphatic carbocycles. The molecule has 0 aliphatic heterocycles. The quantitative estimate of drug-likeness (QED) is 0.561. The Balaban J connectivity index is 1.63. The topological polar surface area (TPSA) is 83.6 Å². The molecular formula is C22H19N5O. The Bertz CT molecular complexity index is 1070. The number of benzene rings is 1. The van der Waals surface area contributed by atoms with Crippen LogP contribution >= 0.6 is 0 Å². The standard InChI is InChI=1S/C22H19N5O/c1-15-7-9-16(10-8-15)20-21(18-6-2-3-12-24-18)27-19(26-20)14-25-22(28)17-5-4-11-23-13-17/h2-13H,14H2,1H3,(H,25,28)(H,26,27). The molecule has 6 nitrogen and oxygen atoms in total. The number of amides is 1. The molecule has 6 heteroatoms. The lowest BCUT2D eigenvalue weighted by Gasteiger charge is -2.02. The second kappa shape index (κ2) is 7.84. The molecule has 28 heavy (non-hydrogen) atoms. The van der Waals surface area contributed by atoms with E-state index in [0.29, 0.717) is 11.4 Å². The number of aromatic nitrogens is 4. The van der Waals surface area contributed by atoms with E-state index in [9.17, 15) is 4.79 Å². The fourth-order valence-electron chi connectivity index (χ4n) is 2.89. The van der Waals surface area contributed by atoms with Crippen molar-refractivity contribution in [2.75, 3.05) is 0 Å². The monoisotopic (exact) mass is 369 g/mol. The third-order valence-electron chi connectivity index (χ3n) is 4.34. The molecule has 0 spiro atoms. The number of nitrogens with zero attached hydrogens (tertiary/aromatic N) is 3. The molecular weight excluding hydrogens is 350 g/mol. The number of nitrogens with one attached hydrogen (secondary N) is 2. The highest BCUT2D eigenvalue weighted by Gasteiger charge is 2.15. The first-order valence-corrected chi connectivity index (χ1v) is 8.96. The fourth-order valence-corrected chi connectivity index (χ4v) is 2.89. The molecule has 0 atom stereocenters. The number of aryl methyl sites for hydroxylation is 1. The zero-order valence-corrected chi connectivity index (χ0v) is 15.4. The molecule has 4 aromatic rings. The van der Waals surface area contributed by atoms with Gasteiger partial charge in [0.25, 0.3) is 5.91 Å². The van der Waals surface area contributed by atoms with E-state index in [1.807, 2.05) is 37.3 Å². The maximum absolute atomic E-state index is 12.3. The number of aromatic amines is 1. The van der Waals surface area contributed by atoms with E-state index in [-0.39, 0.29) is 12.5 Å². The van der Waals surface area contributed by atoms with E-state index >= 15 is 0 Å². The van der Waals surface area contributed by atoms with Gasteiger partial charge in [-0.3, -0.25) is 14.8 Å². The summed E-state index contributed by atoms with van der Waals surface area (Å²) in [6, 6.07) is 17.4. The van der Waals surface area contributed by atoms with Gasteiger partial charge in [0.2, 0.25) is 0 Å². The van der Waals surface area contributed by atoms with Crippen molar-refractivity contribution < 1.29 is 4.79 Å². The highest BCUT2D eigenvalue weighted by Crippen LogP contribution is 2.29. The molecule has 0 aliphatic rings. The minimum atomic E-state index is -0.194.